The van der Waals surface area contributed by atoms with Crippen molar-refractivity contribution in [3.8, 4) is 0 Å². The molecule has 5 heteroatoms. The van der Waals surface area contributed by atoms with Gasteiger partial charge in [-0.1, -0.05) is 43.3 Å². The van der Waals surface area contributed by atoms with Crippen LogP contribution in [0.25, 0.3) is 0 Å². The van der Waals surface area contributed by atoms with E-state index in [1.54, 1.807) is 12.1 Å². The molecule has 1 unspecified atom stereocenters. The van der Waals surface area contributed by atoms with E-state index < -0.39 is 5.82 Å². The third-order valence-electron chi connectivity index (χ3n) is 5.02. The van der Waals surface area contributed by atoms with Crippen LogP contribution in [0.5, 0.6) is 0 Å². The van der Waals surface area contributed by atoms with Gasteiger partial charge in [0, 0.05) is 38.3 Å². The van der Waals surface area contributed by atoms with Crippen molar-refractivity contribution in [3.05, 3.63) is 71.5 Å². The van der Waals surface area contributed by atoms with Crippen molar-refractivity contribution in [2.24, 2.45) is 0 Å². The number of nitrogens with zero attached hydrogens (tertiary/aromatic N) is 2. The van der Waals surface area contributed by atoms with E-state index in [4.69, 9.17) is 0 Å². The van der Waals surface area contributed by atoms with E-state index >= 15 is 0 Å². The molecule has 0 spiro atoms. The van der Waals surface area contributed by atoms with Crippen LogP contribution in [0, 0.1) is 5.82 Å². The zero-order valence-corrected chi connectivity index (χ0v) is 15.2. The van der Waals surface area contributed by atoms with Gasteiger partial charge < -0.3 is 10.2 Å². The summed E-state index contributed by atoms with van der Waals surface area (Å²) in [6, 6.07) is 16.2. The molecule has 2 aromatic rings. The van der Waals surface area contributed by atoms with Gasteiger partial charge in [0.05, 0.1) is 6.04 Å². The number of amides is 1. The Balaban J connectivity index is 1.69. The van der Waals surface area contributed by atoms with Crippen LogP contribution in [-0.4, -0.2) is 55.0 Å². The molecule has 0 radical (unpaired) electrons. The van der Waals surface area contributed by atoms with E-state index in [9.17, 15) is 9.18 Å². The summed E-state index contributed by atoms with van der Waals surface area (Å²) in [6.07, 6.45) is 0. The minimum absolute atomic E-state index is 0.118. The number of piperazine rings is 1. The second-order valence-electron chi connectivity index (χ2n) is 6.62. The fourth-order valence-electron chi connectivity index (χ4n) is 3.45. The number of rotatable bonds is 6. The molecule has 1 saturated heterocycles. The molecule has 0 bridgehead atoms. The summed E-state index contributed by atoms with van der Waals surface area (Å²) in [5.74, 6) is -0.634. The van der Waals surface area contributed by atoms with E-state index in [0.717, 1.165) is 32.7 Å². The molecule has 4 nitrogen and oxygen atoms in total. The lowest BCUT2D eigenvalue weighted by Gasteiger charge is -2.39. The maximum absolute atomic E-state index is 13.4. The molecule has 0 saturated carbocycles. The first-order valence-electron chi connectivity index (χ1n) is 9.22. The first-order valence-corrected chi connectivity index (χ1v) is 9.22. The van der Waals surface area contributed by atoms with Crippen LogP contribution in [0.4, 0.5) is 4.39 Å². The average molecular weight is 355 g/mol. The normalized spacial score (nSPS) is 17.0. The van der Waals surface area contributed by atoms with Crippen molar-refractivity contribution in [3.63, 3.8) is 0 Å². The van der Waals surface area contributed by atoms with E-state index in [0.29, 0.717) is 12.1 Å². The molecule has 26 heavy (non-hydrogen) atoms. The quantitative estimate of drug-likeness (QED) is 0.865. The Bertz CT molecular complexity index is 714. The summed E-state index contributed by atoms with van der Waals surface area (Å²) in [5.41, 5.74) is 1.55. The SMILES string of the molecule is CCN1CCN(C(CNC(=O)c2cccc(F)c2)c2ccccc2)CC1. The smallest absolute Gasteiger partial charge is 0.251 e. The number of benzene rings is 2. The zero-order chi connectivity index (χ0) is 18.4. The van der Waals surface area contributed by atoms with Gasteiger partial charge in [-0.2, -0.15) is 0 Å². The van der Waals surface area contributed by atoms with Gasteiger partial charge in [0.25, 0.3) is 5.91 Å². The van der Waals surface area contributed by atoms with E-state index in [2.05, 4.69) is 34.2 Å². The molecule has 138 valence electrons. The van der Waals surface area contributed by atoms with Crippen molar-refractivity contribution in [1.29, 1.82) is 0 Å². The van der Waals surface area contributed by atoms with Crippen LogP contribution < -0.4 is 5.32 Å². The van der Waals surface area contributed by atoms with E-state index in [1.807, 2.05) is 18.2 Å². The molecule has 3 rings (SSSR count). The van der Waals surface area contributed by atoms with Crippen molar-refractivity contribution in [2.45, 2.75) is 13.0 Å². The van der Waals surface area contributed by atoms with Crippen molar-refractivity contribution >= 4 is 5.91 Å². The van der Waals surface area contributed by atoms with Crippen LogP contribution in [-0.2, 0) is 0 Å². The molecular weight excluding hydrogens is 329 g/mol. The monoisotopic (exact) mass is 355 g/mol. The van der Waals surface area contributed by atoms with Gasteiger partial charge in [-0.15, -0.1) is 0 Å². The number of hydrogen-bond acceptors (Lipinski definition) is 3. The molecule has 2 aromatic carbocycles. The van der Waals surface area contributed by atoms with Crippen molar-refractivity contribution < 1.29 is 9.18 Å². The molecule has 1 N–H and O–H groups in total. The van der Waals surface area contributed by atoms with Gasteiger partial charge in [0.1, 0.15) is 5.82 Å². The zero-order valence-electron chi connectivity index (χ0n) is 15.2. The summed E-state index contributed by atoms with van der Waals surface area (Å²) < 4.78 is 13.4. The van der Waals surface area contributed by atoms with Gasteiger partial charge in [-0.05, 0) is 30.3 Å². The highest BCUT2D eigenvalue weighted by molar-refractivity contribution is 5.94. The lowest BCUT2D eigenvalue weighted by molar-refractivity contribution is 0.0855. The van der Waals surface area contributed by atoms with Crippen molar-refractivity contribution in [1.82, 2.24) is 15.1 Å². The molecule has 1 fully saturated rings. The Hall–Kier alpha value is -2.24. The Kier molecular flexibility index (Phi) is 6.36. The maximum Gasteiger partial charge on any atom is 0.251 e. The maximum atomic E-state index is 13.4. The van der Waals surface area contributed by atoms with Gasteiger partial charge in [0.2, 0.25) is 0 Å². The number of halogens is 1. The summed E-state index contributed by atoms with van der Waals surface area (Å²) >= 11 is 0. The predicted octanol–water partition coefficient (Wildman–Crippen LogP) is 2.93. The summed E-state index contributed by atoms with van der Waals surface area (Å²) in [6.45, 7) is 7.79. The Morgan fingerprint density at radius 3 is 2.46 bits per heavy atom. The number of carbonyl (C=O) groups excluding carboxylic acids is 1. The number of likely N-dealkylation sites (N-methyl/N-ethyl adjacent to an activating group) is 1. The lowest BCUT2D eigenvalue weighted by atomic mass is 10.0. The van der Waals surface area contributed by atoms with Gasteiger partial charge >= 0.3 is 0 Å². The molecule has 0 aromatic heterocycles. The molecule has 1 aliphatic rings. The highest BCUT2D eigenvalue weighted by Crippen LogP contribution is 2.21. The minimum atomic E-state index is -0.395. The lowest BCUT2D eigenvalue weighted by Crippen LogP contribution is -2.49. The molecule has 1 aliphatic heterocycles. The summed E-state index contributed by atoms with van der Waals surface area (Å²) in [4.78, 5) is 17.3. The Morgan fingerprint density at radius 2 is 1.81 bits per heavy atom. The number of hydrogen-bond donors (Lipinski definition) is 1. The Morgan fingerprint density at radius 1 is 1.08 bits per heavy atom. The summed E-state index contributed by atoms with van der Waals surface area (Å²) in [7, 11) is 0. The van der Waals surface area contributed by atoms with Crippen LogP contribution in [0.1, 0.15) is 28.9 Å². The van der Waals surface area contributed by atoms with E-state index in [-0.39, 0.29) is 11.9 Å². The molecule has 1 atom stereocenters. The number of nitrogens with one attached hydrogen (secondary N) is 1. The molecular formula is C21H26FN3O. The second-order valence-corrected chi connectivity index (χ2v) is 6.62. The van der Waals surface area contributed by atoms with Crippen LogP contribution in [0.3, 0.4) is 0 Å². The fraction of sp³-hybridized carbons (Fsp3) is 0.381. The van der Waals surface area contributed by atoms with E-state index in [1.165, 1.54) is 17.7 Å². The molecule has 1 amide bonds. The topological polar surface area (TPSA) is 35.6 Å². The van der Waals surface area contributed by atoms with Crippen LogP contribution in [0.15, 0.2) is 54.6 Å². The fourth-order valence-corrected chi connectivity index (χ4v) is 3.45. The van der Waals surface area contributed by atoms with Gasteiger partial charge in [-0.25, -0.2) is 4.39 Å². The van der Waals surface area contributed by atoms with Crippen molar-refractivity contribution in [2.75, 3.05) is 39.3 Å². The average Bonchev–Trinajstić information content (AvgIpc) is 2.69. The molecule has 0 aliphatic carbocycles. The van der Waals surface area contributed by atoms with Crippen LogP contribution in [0.2, 0.25) is 0 Å². The highest BCUT2D eigenvalue weighted by atomic mass is 19.1. The third-order valence-corrected chi connectivity index (χ3v) is 5.02. The molecule has 1 heterocycles. The number of carbonyl (C=O) groups is 1. The van der Waals surface area contributed by atoms with Gasteiger partial charge in [0.15, 0.2) is 0 Å². The third kappa shape index (κ3) is 4.68. The standard InChI is InChI=1S/C21H26FN3O/c1-2-24-11-13-25(14-12-24)20(17-7-4-3-5-8-17)16-23-21(26)18-9-6-10-19(22)15-18/h3-10,15,20H,2,11-14,16H2,1H3,(H,23,26). The Labute approximate surface area is 154 Å². The van der Waals surface area contributed by atoms with Gasteiger partial charge in [-0.3, -0.25) is 9.69 Å². The summed E-state index contributed by atoms with van der Waals surface area (Å²) in [5, 5.41) is 2.99. The minimum Gasteiger partial charge on any atom is -0.350 e. The largest absolute Gasteiger partial charge is 0.350 e. The van der Waals surface area contributed by atoms with Crippen LogP contribution >= 0.6 is 0 Å². The second kappa shape index (κ2) is 8.92. The first-order chi connectivity index (χ1) is 12.7. The first kappa shape index (κ1) is 18.5. The highest BCUT2D eigenvalue weighted by Gasteiger charge is 2.25. The predicted molar refractivity (Wildman–Crippen MR) is 102 cm³/mol.